The number of aryl methyl sites for hydroxylation is 2. The molecule has 2 amide bonds. The number of carbonyl (C=O) groups excluding carboxylic acids is 2. The van der Waals surface area contributed by atoms with E-state index < -0.39 is 5.82 Å². The first-order chi connectivity index (χ1) is 13.3. The first-order valence-electron chi connectivity index (χ1n) is 9.07. The summed E-state index contributed by atoms with van der Waals surface area (Å²) in [4.78, 5) is 29.7. The fraction of sp³-hybridized carbons (Fsp3) is 0.333. The topological polar surface area (TPSA) is 40.6 Å². The molecule has 0 spiro atoms. The molecule has 0 bridgehead atoms. The van der Waals surface area contributed by atoms with Crippen LogP contribution in [0.3, 0.4) is 0 Å². The fourth-order valence-corrected chi connectivity index (χ4v) is 4.36. The van der Waals surface area contributed by atoms with Crippen LogP contribution in [0, 0.1) is 19.7 Å². The smallest absolute Gasteiger partial charge is 0.255 e. The van der Waals surface area contributed by atoms with Crippen LogP contribution in [0.2, 0.25) is 5.02 Å². The molecule has 1 heterocycles. The zero-order chi connectivity index (χ0) is 20.3. The molecule has 1 aliphatic heterocycles. The normalized spacial score (nSPS) is 14.3. The molecule has 1 aliphatic rings. The van der Waals surface area contributed by atoms with Gasteiger partial charge < -0.3 is 9.80 Å². The molecule has 148 valence electrons. The minimum Gasteiger partial charge on any atom is -0.338 e. The lowest BCUT2D eigenvalue weighted by Gasteiger charge is -2.35. The number of nitrogens with zero attached hydrogens (tertiary/aromatic N) is 2. The van der Waals surface area contributed by atoms with E-state index in [2.05, 4.69) is 18.2 Å². The molecule has 1 fully saturated rings. The molecular formula is C21H22ClFN2O2S. The summed E-state index contributed by atoms with van der Waals surface area (Å²) in [5.74, 6) is -0.264. The van der Waals surface area contributed by atoms with Crippen LogP contribution < -0.4 is 0 Å². The lowest BCUT2D eigenvalue weighted by Crippen LogP contribution is -2.51. The SMILES string of the molecule is Cc1ccc(C)c(SCC(=O)N2CCN(C(=O)c3ccc(F)cc3Cl)CC2)c1. The Labute approximate surface area is 173 Å². The van der Waals surface area contributed by atoms with Crippen molar-refractivity contribution < 1.29 is 14.0 Å². The van der Waals surface area contributed by atoms with E-state index in [1.165, 1.54) is 17.7 Å². The van der Waals surface area contributed by atoms with Gasteiger partial charge >= 0.3 is 0 Å². The maximum Gasteiger partial charge on any atom is 0.255 e. The quantitative estimate of drug-likeness (QED) is 0.697. The van der Waals surface area contributed by atoms with E-state index in [0.29, 0.717) is 31.9 Å². The van der Waals surface area contributed by atoms with Crippen LogP contribution in [0.5, 0.6) is 0 Å². The number of thioether (sulfide) groups is 1. The number of carbonyl (C=O) groups is 2. The van der Waals surface area contributed by atoms with Crippen LogP contribution in [0.25, 0.3) is 0 Å². The monoisotopic (exact) mass is 420 g/mol. The van der Waals surface area contributed by atoms with E-state index in [0.717, 1.165) is 16.5 Å². The Morgan fingerprint density at radius 2 is 1.71 bits per heavy atom. The van der Waals surface area contributed by atoms with E-state index in [4.69, 9.17) is 11.6 Å². The number of rotatable bonds is 4. The van der Waals surface area contributed by atoms with Gasteiger partial charge in [-0.1, -0.05) is 29.3 Å². The standard InChI is InChI=1S/C21H22ClFN2O2S/c1-14-3-4-15(2)19(11-14)28-13-20(26)24-7-9-25(10-8-24)21(27)17-6-5-16(23)12-18(17)22/h3-6,11-12H,7-10,13H2,1-2H3. The van der Waals surface area contributed by atoms with Crippen LogP contribution >= 0.6 is 23.4 Å². The molecule has 7 heteroatoms. The van der Waals surface area contributed by atoms with Crippen molar-refractivity contribution in [1.29, 1.82) is 0 Å². The summed E-state index contributed by atoms with van der Waals surface area (Å²) in [6, 6.07) is 9.98. The second-order valence-electron chi connectivity index (χ2n) is 6.85. The first-order valence-corrected chi connectivity index (χ1v) is 10.4. The minimum absolute atomic E-state index is 0.0674. The van der Waals surface area contributed by atoms with Gasteiger partial charge in [0.1, 0.15) is 5.82 Å². The molecule has 2 aromatic carbocycles. The lowest BCUT2D eigenvalue weighted by molar-refractivity contribution is -0.129. The van der Waals surface area contributed by atoms with Crippen LogP contribution in [-0.4, -0.2) is 53.5 Å². The summed E-state index contributed by atoms with van der Waals surface area (Å²) >= 11 is 7.54. The largest absolute Gasteiger partial charge is 0.338 e. The Balaban J connectivity index is 1.53. The molecule has 0 unspecified atom stereocenters. The number of hydrogen-bond donors (Lipinski definition) is 0. The lowest BCUT2D eigenvalue weighted by atomic mass is 10.1. The first kappa shape index (κ1) is 20.7. The zero-order valence-corrected chi connectivity index (χ0v) is 17.4. The fourth-order valence-electron chi connectivity index (χ4n) is 3.09. The minimum atomic E-state index is -0.474. The van der Waals surface area contributed by atoms with Gasteiger partial charge in [-0.25, -0.2) is 4.39 Å². The van der Waals surface area contributed by atoms with Gasteiger partial charge in [0, 0.05) is 31.1 Å². The van der Waals surface area contributed by atoms with Gasteiger partial charge in [-0.05, 0) is 43.7 Å². The Bertz CT molecular complexity index is 898. The maximum atomic E-state index is 13.2. The van der Waals surface area contributed by atoms with Crippen molar-refractivity contribution in [3.8, 4) is 0 Å². The highest BCUT2D eigenvalue weighted by molar-refractivity contribution is 8.00. The van der Waals surface area contributed by atoms with Crippen LogP contribution in [0.15, 0.2) is 41.3 Å². The molecule has 1 saturated heterocycles. The Morgan fingerprint density at radius 1 is 1.04 bits per heavy atom. The molecule has 0 aromatic heterocycles. The third kappa shape index (κ3) is 4.86. The molecule has 0 aliphatic carbocycles. The molecule has 2 aromatic rings. The van der Waals surface area contributed by atoms with E-state index in [-0.39, 0.29) is 22.4 Å². The van der Waals surface area contributed by atoms with Gasteiger partial charge in [0.2, 0.25) is 5.91 Å². The second kappa shape index (κ2) is 8.97. The van der Waals surface area contributed by atoms with Gasteiger partial charge in [0.05, 0.1) is 16.3 Å². The molecule has 0 radical (unpaired) electrons. The van der Waals surface area contributed by atoms with E-state index in [1.807, 2.05) is 13.8 Å². The molecular weight excluding hydrogens is 399 g/mol. The summed E-state index contributed by atoms with van der Waals surface area (Å²) in [6.07, 6.45) is 0. The highest BCUT2D eigenvalue weighted by Crippen LogP contribution is 2.24. The van der Waals surface area contributed by atoms with Crippen molar-refractivity contribution in [2.75, 3.05) is 31.9 Å². The second-order valence-corrected chi connectivity index (χ2v) is 8.28. The molecule has 0 saturated carbocycles. The van der Waals surface area contributed by atoms with Crippen molar-refractivity contribution in [3.05, 3.63) is 63.9 Å². The summed E-state index contributed by atoms with van der Waals surface area (Å²) < 4.78 is 13.2. The van der Waals surface area contributed by atoms with Crippen LogP contribution in [-0.2, 0) is 4.79 Å². The van der Waals surface area contributed by atoms with Gasteiger partial charge in [-0.2, -0.15) is 0 Å². The van der Waals surface area contributed by atoms with Gasteiger partial charge in [-0.3, -0.25) is 9.59 Å². The average molecular weight is 421 g/mol. The van der Waals surface area contributed by atoms with Crippen LogP contribution in [0.4, 0.5) is 4.39 Å². The van der Waals surface area contributed by atoms with E-state index >= 15 is 0 Å². The van der Waals surface area contributed by atoms with Crippen LogP contribution in [0.1, 0.15) is 21.5 Å². The number of amides is 2. The van der Waals surface area contributed by atoms with Crippen molar-refractivity contribution in [2.24, 2.45) is 0 Å². The molecule has 4 nitrogen and oxygen atoms in total. The average Bonchev–Trinajstić information content (AvgIpc) is 2.68. The maximum absolute atomic E-state index is 13.2. The summed E-state index contributed by atoms with van der Waals surface area (Å²) in [6.45, 7) is 5.92. The number of halogens is 2. The number of piperazine rings is 1. The van der Waals surface area contributed by atoms with Gasteiger partial charge in [0.25, 0.3) is 5.91 Å². The summed E-state index contributed by atoms with van der Waals surface area (Å²) in [7, 11) is 0. The highest BCUT2D eigenvalue weighted by Gasteiger charge is 2.26. The summed E-state index contributed by atoms with van der Waals surface area (Å²) in [5, 5.41) is 0.105. The van der Waals surface area contributed by atoms with Gasteiger partial charge in [-0.15, -0.1) is 11.8 Å². The Morgan fingerprint density at radius 3 is 2.39 bits per heavy atom. The number of benzene rings is 2. The van der Waals surface area contributed by atoms with Crippen molar-refractivity contribution in [2.45, 2.75) is 18.7 Å². The van der Waals surface area contributed by atoms with Crippen molar-refractivity contribution in [3.63, 3.8) is 0 Å². The third-order valence-electron chi connectivity index (χ3n) is 4.78. The van der Waals surface area contributed by atoms with E-state index in [9.17, 15) is 14.0 Å². The highest BCUT2D eigenvalue weighted by atomic mass is 35.5. The molecule has 28 heavy (non-hydrogen) atoms. The predicted octanol–water partition coefficient (Wildman–Crippen LogP) is 4.17. The molecule has 0 N–H and O–H groups in total. The molecule has 0 atom stereocenters. The Kier molecular flexibility index (Phi) is 6.62. The number of hydrogen-bond acceptors (Lipinski definition) is 3. The third-order valence-corrected chi connectivity index (χ3v) is 6.23. The van der Waals surface area contributed by atoms with Crippen molar-refractivity contribution in [1.82, 2.24) is 9.80 Å². The van der Waals surface area contributed by atoms with Crippen molar-refractivity contribution >= 4 is 35.2 Å². The summed E-state index contributed by atoms with van der Waals surface area (Å²) in [5.41, 5.74) is 2.62. The predicted molar refractivity (Wildman–Crippen MR) is 111 cm³/mol. The van der Waals surface area contributed by atoms with Gasteiger partial charge in [0.15, 0.2) is 0 Å². The van der Waals surface area contributed by atoms with E-state index in [1.54, 1.807) is 21.6 Å². The zero-order valence-electron chi connectivity index (χ0n) is 15.9. The Hall–Kier alpha value is -2.05. The molecule has 3 rings (SSSR count).